The van der Waals surface area contributed by atoms with Gasteiger partial charge in [-0.1, -0.05) is 164 Å². The topological polar surface area (TPSA) is 9.72 Å². The summed E-state index contributed by atoms with van der Waals surface area (Å²) in [5.74, 6) is 0. The van der Waals surface area contributed by atoms with Crippen molar-refractivity contribution < 1.29 is 0 Å². The Hall–Kier alpha value is -6.00. The number of hydrogen-bond donors (Lipinski definition) is 0. The van der Waals surface area contributed by atoms with Gasteiger partial charge in [0.05, 0.1) is 5.69 Å². The third-order valence-electron chi connectivity index (χ3n) is 18.2. The maximum Gasteiger partial charge on any atom is 0.252 e. The van der Waals surface area contributed by atoms with Gasteiger partial charge in [-0.3, -0.25) is 0 Å². The van der Waals surface area contributed by atoms with Crippen LogP contribution >= 0.6 is 0 Å². The molecule has 0 radical (unpaired) electrons. The second-order valence-corrected chi connectivity index (χ2v) is 27.4. The summed E-state index contributed by atoms with van der Waals surface area (Å²) in [7, 11) is 0. The molecule has 0 N–H and O–H groups in total. The largest absolute Gasteiger partial charge is 0.311 e. The van der Waals surface area contributed by atoms with Crippen LogP contribution in [-0.4, -0.2) is 6.71 Å². The minimum absolute atomic E-state index is 0.0126. The van der Waals surface area contributed by atoms with E-state index >= 15 is 0 Å². The van der Waals surface area contributed by atoms with Gasteiger partial charge in [0.25, 0.3) is 6.71 Å². The Morgan fingerprint density at radius 2 is 0.822 bits per heavy atom. The van der Waals surface area contributed by atoms with Crippen LogP contribution in [0.4, 0.5) is 51.2 Å². The second kappa shape index (κ2) is 16.5. The van der Waals surface area contributed by atoms with Crippen molar-refractivity contribution in [1.29, 1.82) is 0 Å². The van der Waals surface area contributed by atoms with Crippen molar-refractivity contribution in [3.05, 3.63) is 177 Å². The highest BCUT2D eigenvalue weighted by atomic mass is 15.2. The molecule has 73 heavy (non-hydrogen) atoms. The van der Waals surface area contributed by atoms with Gasteiger partial charge in [0, 0.05) is 45.5 Å². The zero-order valence-corrected chi connectivity index (χ0v) is 47.4. The molecule has 7 aromatic carbocycles. The quantitative estimate of drug-likeness (QED) is 0.159. The van der Waals surface area contributed by atoms with Crippen LogP contribution in [0.5, 0.6) is 0 Å². The van der Waals surface area contributed by atoms with E-state index in [1.54, 1.807) is 0 Å². The van der Waals surface area contributed by atoms with Crippen molar-refractivity contribution in [3.8, 4) is 0 Å². The van der Waals surface area contributed by atoms with E-state index in [0.29, 0.717) is 0 Å². The fraction of sp³-hybridized carbons (Fsp3) is 0.391. The van der Waals surface area contributed by atoms with Crippen LogP contribution in [0.2, 0.25) is 0 Å². The normalized spacial score (nSPS) is 17.8. The molecule has 0 atom stereocenters. The molecule has 0 saturated heterocycles. The molecule has 2 aliphatic heterocycles. The summed E-state index contributed by atoms with van der Waals surface area (Å²) >= 11 is 0. The third-order valence-corrected chi connectivity index (χ3v) is 18.2. The number of para-hydroxylation sites is 2. The molecule has 0 unspecified atom stereocenters. The summed E-state index contributed by atoms with van der Waals surface area (Å²) in [5.41, 5.74) is 28.0. The molecule has 0 amide bonds. The third kappa shape index (κ3) is 7.90. The Bertz CT molecular complexity index is 3300. The minimum Gasteiger partial charge on any atom is -0.311 e. The number of aryl methyl sites for hydroxylation is 3. The summed E-state index contributed by atoms with van der Waals surface area (Å²) in [4.78, 5) is 7.91. The highest BCUT2D eigenvalue weighted by molar-refractivity contribution is 7.00. The smallest absolute Gasteiger partial charge is 0.252 e. The van der Waals surface area contributed by atoms with Crippen LogP contribution in [0.15, 0.2) is 127 Å². The van der Waals surface area contributed by atoms with Gasteiger partial charge in [0.15, 0.2) is 0 Å². The molecule has 0 spiro atoms. The van der Waals surface area contributed by atoms with Crippen molar-refractivity contribution in [2.45, 2.75) is 176 Å². The van der Waals surface area contributed by atoms with Gasteiger partial charge in [-0.25, -0.2) is 0 Å². The Labute approximate surface area is 440 Å². The van der Waals surface area contributed by atoms with Crippen LogP contribution in [0, 0.1) is 20.8 Å². The van der Waals surface area contributed by atoms with Gasteiger partial charge in [0.2, 0.25) is 0 Å². The molecular formula is C69H80BN3. The molecule has 374 valence electrons. The molecule has 11 rings (SSSR count). The lowest BCUT2D eigenvalue weighted by Gasteiger charge is -2.49. The molecule has 0 fully saturated rings. The molecule has 0 saturated carbocycles. The summed E-state index contributed by atoms with van der Waals surface area (Å²) in [6.07, 6.45) is 4.67. The summed E-state index contributed by atoms with van der Waals surface area (Å²) in [5, 5.41) is 0. The summed E-state index contributed by atoms with van der Waals surface area (Å²) in [6.45, 7) is 41.2. The first-order valence-electron chi connectivity index (χ1n) is 27.5. The average molecular weight is 962 g/mol. The van der Waals surface area contributed by atoms with Gasteiger partial charge in [-0.15, -0.1) is 0 Å². The maximum absolute atomic E-state index is 2.74. The summed E-state index contributed by atoms with van der Waals surface area (Å²) in [6, 6.07) is 50.0. The number of hydrogen-bond acceptors (Lipinski definition) is 3. The van der Waals surface area contributed by atoms with Crippen LogP contribution in [-0.2, 0) is 32.5 Å². The highest BCUT2D eigenvalue weighted by Crippen LogP contribution is 2.55. The molecule has 4 aliphatic rings. The molecule has 3 nitrogen and oxygen atoms in total. The molecule has 2 heterocycles. The standard InChI is InChI=1S/C69H80BN3/c1-43-36-51-53(68(14,15)32-30-66(51,10)11)41-57(43)72-58-39-50(71(48-24-20-18-21-25-48)49-26-22-19-23-27-49)28-29-55(58)70-56-40-52-54(69(16,17)33-31-67(52,12)13)42-59(56)73(61-38-47(65(7,8)9)37-60(72)62(61)70)63-44(2)34-46(35-45(63)3)64(4,5)6/h18-29,34-42H,30-33H2,1-17H3. The van der Waals surface area contributed by atoms with Crippen molar-refractivity contribution in [2.24, 2.45) is 0 Å². The molecule has 4 heteroatoms. The van der Waals surface area contributed by atoms with Crippen LogP contribution < -0.4 is 31.1 Å². The number of benzene rings is 7. The van der Waals surface area contributed by atoms with Gasteiger partial charge in [0.1, 0.15) is 0 Å². The van der Waals surface area contributed by atoms with E-state index in [9.17, 15) is 0 Å². The molecule has 0 aromatic heterocycles. The fourth-order valence-electron chi connectivity index (χ4n) is 13.4. The van der Waals surface area contributed by atoms with Crippen LogP contribution in [0.25, 0.3) is 0 Å². The van der Waals surface area contributed by atoms with Gasteiger partial charge < -0.3 is 14.7 Å². The number of anilines is 9. The maximum atomic E-state index is 2.74. The lowest BCUT2D eigenvalue weighted by Crippen LogP contribution is -2.62. The predicted octanol–water partition coefficient (Wildman–Crippen LogP) is 17.5. The molecular weight excluding hydrogens is 882 g/mol. The second-order valence-electron chi connectivity index (χ2n) is 27.4. The Morgan fingerprint density at radius 3 is 1.32 bits per heavy atom. The Kier molecular flexibility index (Phi) is 11.1. The lowest BCUT2D eigenvalue weighted by atomic mass is 9.33. The van der Waals surface area contributed by atoms with Crippen molar-refractivity contribution in [2.75, 3.05) is 14.7 Å². The number of fused-ring (bicyclic) bond motifs is 6. The summed E-state index contributed by atoms with van der Waals surface area (Å²) < 4.78 is 0. The molecule has 0 bridgehead atoms. The zero-order chi connectivity index (χ0) is 52.1. The van der Waals surface area contributed by atoms with E-state index in [2.05, 4.69) is 260 Å². The highest BCUT2D eigenvalue weighted by Gasteiger charge is 2.48. The predicted molar refractivity (Wildman–Crippen MR) is 317 cm³/mol. The Morgan fingerprint density at radius 1 is 0.397 bits per heavy atom. The van der Waals surface area contributed by atoms with Crippen molar-refractivity contribution >= 4 is 74.3 Å². The Balaban J connectivity index is 1.30. The van der Waals surface area contributed by atoms with Crippen molar-refractivity contribution in [3.63, 3.8) is 0 Å². The zero-order valence-electron chi connectivity index (χ0n) is 47.4. The van der Waals surface area contributed by atoms with Crippen molar-refractivity contribution in [1.82, 2.24) is 0 Å². The monoisotopic (exact) mass is 962 g/mol. The van der Waals surface area contributed by atoms with E-state index < -0.39 is 0 Å². The number of nitrogens with zero attached hydrogens (tertiary/aromatic N) is 3. The van der Waals surface area contributed by atoms with E-state index in [1.807, 2.05) is 0 Å². The van der Waals surface area contributed by atoms with E-state index in [1.165, 1.54) is 107 Å². The van der Waals surface area contributed by atoms with E-state index in [4.69, 9.17) is 0 Å². The minimum atomic E-state index is -0.142. The van der Waals surface area contributed by atoms with Crippen LogP contribution in [0.3, 0.4) is 0 Å². The first kappa shape index (κ1) is 49.2. The first-order valence-corrected chi connectivity index (χ1v) is 27.5. The van der Waals surface area contributed by atoms with Gasteiger partial charge in [-0.2, -0.15) is 0 Å². The lowest BCUT2D eigenvalue weighted by molar-refractivity contribution is 0.332. The van der Waals surface area contributed by atoms with E-state index in [0.717, 1.165) is 36.3 Å². The van der Waals surface area contributed by atoms with Gasteiger partial charge >= 0.3 is 0 Å². The SMILES string of the molecule is Cc1cc2c(cc1N1c3cc(N(c4ccccc4)c4ccccc4)ccc3B3c4cc5c(cc4N(c4c(C)cc(C(C)(C)C)cc4C)c4cc(C(C)(C)C)cc1c43)C(C)(C)CCC5(C)C)C(C)(C)CCC2(C)C. The fourth-order valence-corrected chi connectivity index (χ4v) is 13.4. The first-order chi connectivity index (χ1) is 34.2. The van der Waals surface area contributed by atoms with Crippen LogP contribution in [0.1, 0.15) is 173 Å². The molecule has 2 aliphatic carbocycles. The molecule has 7 aromatic rings. The average Bonchev–Trinajstić information content (AvgIpc) is 3.32. The number of rotatable bonds is 5. The van der Waals surface area contributed by atoms with Gasteiger partial charge in [-0.05, 0) is 206 Å². The van der Waals surface area contributed by atoms with E-state index in [-0.39, 0.29) is 39.2 Å².